The lowest BCUT2D eigenvalue weighted by Gasteiger charge is -2.44. The van der Waals surface area contributed by atoms with E-state index in [-0.39, 0.29) is 12.5 Å². The molecule has 2 aliphatic rings. The van der Waals surface area contributed by atoms with Crippen molar-refractivity contribution in [3.63, 3.8) is 0 Å². The first-order valence-electron chi connectivity index (χ1n) is 9.42. The van der Waals surface area contributed by atoms with Crippen LogP contribution in [0.2, 0.25) is 0 Å². The molecule has 26 heavy (non-hydrogen) atoms. The van der Waals surface area contributed by atoms with Crippen molar-refractivity contribution in [3.05, 3.63) is 6.20 Å². The first kappa shape index (κ1) is 19.5. The minimum absolute atomic E-state index is 0.0225. The summed E-state index contributed by atoms with van der Waals surface area (Å²) in [5, 5.41) is 12.3. The zero-order valence-electron chi connectivity index (χ0n) is 15.1. The number of carbonyl (C=O) groups is 2. The lowest BCUT2D eigenvalue weighted by Crippen LogP contribution is -2.52. The van der Waals surface area contributed by atoms with Crippen LogP contribution in [0.4, 0.5) is 9.93 Å². The monoisotopic (exact) mass is 397 g/mol. The minimum Gasteiger partial charge on any atom is -0.481 e. The number of aromatic nitrogens is 1. The number of rotatable bonds is 7. The standard InChI is InChI=1S/C18H27N3O3S2/c1-12-5-7-14(8-6-12)21(13-3-2-4-13)18(24)20-17-19-11-16(26-17)25-10-9-15(22)23/h11-14H,2-10H2,1H3,(H,22,23)(H,19,20,24)/t12-,14-. The Hall–Kier alpha value is -1.28. The average molecular weight is 398 g/mol. The summed E-state index contributed by atoms with van der Waals surface area (Å²) in [4.78, 5) is 29.9. The second-order valence-electron chi connectivity index (χ2n) is 7.31. The van der Waals surface area contributed by atoms with Gasteiger partial charge in [-0.1, -0.05) is 18.3 Å². The summed E-state index contributed by atoms with van der Waals surface area (Å²) in [6, 6.07) is 0.698. The van der Waals surface area contributed by atoms with E-state index in [4.69, 9.17) is 5.11 Å². The molecule has 0 aliphatic heterocycles. The van der Waals surface area contributed by atoms with Gasteiger partial charge in [-0.2, -0.15) is 0 Å². The lowest BCUT2D eigenvalue weighted by atomic mass is 9.83. The number of hydrogen-bond donors (Lipinski definition) is 2. The van der Waals surface area contributed by atoms with Crippen LogP contribution in [0, 0.1) is 5.92 Å². The van der Waals surface area contributed by atoms with Gasteiger partial charge in [-0.05, 0) is 50.9 Å². The van der Waals surface area contributed by atoms with Crippen molar-refractivity contribution in [1.29, 1.82) is 0 Å². The van der Waals surface area contributed by atoms with Crippen molar-refractivity contribution in [2.45, 2.75) is 74.6 Å². The fourth-order valence-corrected chi connectivity index (χ4v) is 5.46. The molecule has 8 heteroatoms. The van der Waals surface area contributed by atoms with Crippen LogP contribution in [0.1, 0.15) is 58.3 Å². The number of carboxylic acid groups (broad SMARTS) is 1. The van der Waals surface area contributed by atoms with Gasteiger partial charge in [0.1, 0.15) is 0 Å². The molecule has 2 aliphatic carbocycles. The zero-order valence-corrected chi connectivity index (χ0v) is 16.8. The van der Waals surface area contributed by atoms with E-state index in [2.05, 4.69) is 22.1 Å². The Balaban J connectivity index is 1.57. The smallest absolute Gasteiger partial charge is 0.324 e. The van der Waals surface area contributed by atoms with Crippen LogP contribution in [-0.2, 0) is 4.79 Å². The molecule has 3 rings (SSSR count). The number of nitrogens with zero attached hydrogens (tertiary/aromatic N) is 2. The highest BCUT2D eigenvalue weighted by molar-refractivity contribution is 8.01. The summed E-state index contributed by atoms with van der Waals surface area (Å²) in [5.74, 6) is 0.481. The van der Waals surface area contributed by atoms with Gasteiger partial charge in [0.15, 0.2) is 5.13 Å². The number of thiazole rings is 1. The minimum atomic E-state index is -0.798. The van der Waals surface area contributed by atoms with E-state index in [0.29, 0.717) is 23.0 Å². The van der Waals surface area contributed by atoms with E-state index >= 15 is 0 Å². The molecule has 1 aromatic rings. The predicted molar refractivity (Wildman–Crippen MR) is 105 cm³/mol. The molecule has 2 fully saturated rings. The lowest BCUT2D eigenvalue weighted by molar-refractivity contribution is -0.136. The van der Waals surface area contributed by atoms with Crippen molar-refractivity contribution >= 4 is 40.2 Å². The van der Waals surface area contributed by atoms with Crippen LogP contribution in [0.15, 0.2) is 10.4 Å². The van der Waals surface area contributed by atoms with Gasteiger partial charge in [0, 0.05) is 17.8 Å². The second kappa shape index (κ2) is 9.08. The van der Waals surface area contributed by atoms with Crippen LogP contribution in [-0.4, -0.2) is 44.8 Å². The molecule has 1 heterocycles. The van der Waals surface area contributed by atoms with E-state index in [1.165, 1.54) is 42.4 Å². The topological polar surface area (TPSA) is 82.5 Å². The number of thioether (sulfide) groups is 1. The molecule has 2 saturated carbocycles. The highest BCUT2D eigenvalue weighted by atomic mass is 32.2. The van der Waals surface area contributed by atoms with Crippen molar-refractivity contribution in [3.8, 4) is 0 Å². The van der Waals surface area contributed by atoms with Crippen molar-refractivity contribution in [1.82, 2.24) is 9.88 Å². The fourth-order valence-electron chi connectivity index (χ4n) is 3.59. The van der Waals surface area contributed by atoms with Crippen LogP contribution < -0.4 is 5.32 Å². The van der Waals surface area contributed by atoms with Gasteiger partial charge in [-0.3, -0.25) is 10.1 Å². The molecule has 1 aromatic heterocycles. The molecule has 0 bridgehead atoms. The summed E-state index contributed by atoms with van der Waals surface area (Å²) in [5.41, 5.74) is 0. The molecule has 0 spiro atoms. The highest BCUT2D eigenvalue weighted by Crippen LogP contribution is 2.35. The Labute approximate surface area is 162 Å². The maximum Gasteiger partial charge on any atom is 0.324 e. The van der Waals surface area contributed by atoms with Gasteiger partial charge >= 0.3 is 12.0 Å². The number of amides is 2. The van der Waals surface area contributed by atoms with Crippen LogP contribution in [0.5, 0.6) is 0 Å². The number of hydrogen-bond acceptors (Lipinski definition) is 5. The Bertz CT molecular complexity index is 625. The molecule has 6 nitrogen and oxygen atoms in total. The van der Waals surface area contributed by atoms with Gasteiger partial charge in [-0.15, -0.1) is 11.8 Å². The van der Waals surface area contributed by atoms with E-state index in [0.717, 1.165) is 35.8 Å². The zero-order chi connectivity index (χ0) is 18.5. The normalized spacial score (nSPS) is 23.3. The molecular formula is C18H27N3O3S2. The third kappa shape index (κ3) is 5.13. The maximum absolute atomic E-state index is 12.9. The Morgan fingerprint density at radius 2 is 1.96 bits per heavy atom. The fraction of sp³-hybridized carbons (Fsp3) is 0.722. The molecule has 2 amide bonds. The van der Waals surface area contributed by atoms with E-state index in [9.17, 15) is 9.59 Å². The first-order valence-corrected chi connectivity index (χ1v) is 11.2. The summed E-state index contributed by atoms with van der Waals surface area (Å²) >= 11 is 2.88. The second-order valence-corrected chi connectivity index (χ2v) is 9.74. The molecule has 0 aromatic carbocycles. The van der Waals surface area contributed by atoms with Gasteiger partial charge in [0.25, 0.3) is 0 Å². The average Bonchev–Trinajstić information content (AvgIpc) is 2.98. The third-order valence-corrected chi connectivity index (χ3v) is 7.45. The molecule has 0 unspecified atom stereocenters. The van der Waals surface area contributed by atoms with Gasteiger partial charge in [-0.25, -0.2) is 9.78 Å². The Morgan fingerprint density at radius 1 is 1.27 bits per heavy atom. The van der Waals surface area contributed by atoms with Crippen LogP contribution in [0.3, 0.4) is 0 Å². The first-order chi connectivity index (χ1) is 12.5. The summed E-state index contributed by atoms with van der Waals surface area (Å²) in [7, 11) is 0. The third-order valence-electron chi connectivity index (χ3n) is 5.34. The van der Waals surface area contributed by atoms with Gasteiger partial charge in [0.05, 0.1) is 16.8 Å². The SMILES string of the molecule is C[C@H]1CC[C@H](N(C(=O)Nc2ncc(SCCC(=O)O)s2)C2CCC2)CC1. The quantitative estimate of drug-likeness (QED) is 0.653. The molecule has 2 N–H and O–H groups in total. The Kier molecular flexibility index (Phi) is 6.80. The van der Waals surface area contributed by atoms with E-state index in [1.807, 2.05) is 0 Å². The van der Waals surface area contributed by atoms with Crippen LogP contribution in [0.25, 0.3) is 0 Å². The summed E-state index contributed by atoms with van der Waals surface area (Å²) in [6.07, 6.45) is 9.84. The number of nitrogens with one attached hydrogen (secondary N) is 1. The van der Waals surface area contributed by atoms with Crippen LogP contribution >= 0.6 is 23.1 Å². The highest BCUT2D eigenvalue weighted by Gasteiger charge is 2.36. The molecule has 0 saturated heterocycles. The molecule has 0 atom stereocenters. The predicted octanol–water partition coefficient (Wildman–Crippen LogP) is 4.68. The van der Waals surface area contributed by atoms with Crippen molar-refractivity contribution in [2.75, 3.05) is 11.1 Å². The number of anilines is 1. The van der Waals surface area contributed by atoms with Crippen molar-refractivity contribution < 1.29 is 14.7 Å². The number of carboxylic acids is 1. The number of aliphatic carboxylic acids is 1. The summed E-state index contributed by atoms with van der Waals surface area (Å²) in [6.45, 7) is 2.29. The maximum atomic E-state index is 12.9. The largest absolute Gasteiger partial charge is 0.481 e. The molecule has 0 radical (unpaired) electrons. The molecular weight excluding hydrogens is 370 g/mol. The van der Waals surface area contributed by atoms with Gasteiger partial charge < -0.3 is 10.0 Å². The Morgan fingerprint density at radius 3 is 2.58 bits per heavy atom. The van der Waals surface area contributed by atoms with E-state index < -0.39 is 5.97 Å². The molecule has 144 valence electrons. The number of carbonyl (C=O) groups excluding carboxylic acids is 1. The van der Waals surface area contributed by atoms with E-state index in [1.54, 1.807) is 6.20 Å². The van der Waals surface area contributed by atoms with Gasteiger partial charge in [0.2, 0.25) is 0 Å². The van der Waals surface area contributed by atoms with Crippen molar-refractivity contribution in [2.24, 2.45) is 5.92 Å². The summed E-state index contributed by atoms with van der Waals surface area (Å²) < 4.78 is 0.934. The number of urea groups is 1.